The molecule has 0 aromatic heterocycles. The molecule has 0 aromatic rings. The Bertz CT molecular complexity index is 136. The van der Waals surface area contributed by atoms with Crippen LogP contribution < -0.4 is 5.14 Å². The SMILES string of the molecule is CC#CC[C@H](C)C[S@+](N)[O-]. The molecule has 0 spiro atoms. The molecule has 3 heteroatoms. The molecule has 0 unspecified atom stereocenters. The lowest BCUT2D eigenvalue weighted by Gasteiger charge is -2.07. The van der Waals surface area contributed by atoms with Crippen molar-refractivity contribution < 1.29 is 4.55 Å². The Morgan fingerprint density at radius 3 is 2.70 bits per heavy atom. The van der Waals surface area contributed by atoms with Crippen LogP contribution in [0.15, 0.2) is 0 Å². The van der Waals surface area contributed by atoms with Crippen LogP contribution in [0.5, 0.6) is 0 Å². The molecule has 0 aliphatic carbocycles. The summed E-state index contributed by atoms with van der Waals surface area (Å²) >= 11 is -1.17. The van der Waals surface area contributed by atoms with Crippen LogP contribution in [0, 0.1) is 17.8 Å². The molecule has 0 saturated carbocycles. The quantitative estimate of drug-likeness (QED) is 0.486. The molecule has 0 radical (unpaired) electrons. The Balaban J connectivity index is 3.40. The van der Waals surface area contributed by atoms with E-state index in [4.69, 9.17) is 5.14 Å². The maximum atomic E-state index is 10.5. The van der Waals surface area contributed by atoms with Gasteiger partial charge in [-0.05, 0) is 6.92 Å². The van der Waals surface area contributed by atoms with Crippen molar-refractivity contribution in [2.75, 3.05) is 5.75 Å². The van der Waals surface area contributed by atoms with Gasteiger partial charge in [0, 0.05) is 23.7 Å². The highest BCUT2D eigenvalue weighted by atomic mass is 32.2. The summed E-state index contributed by atoms with van der Waals surface area (Å²) in [5, 5.41) is 5.09. The minimum atomic E-state index is -1.17. The van der Waals surface area contributed by atoms with Gasteiger partial charge >= 0.3 is 0 Å². The van der Waals surface area contributed by atoms with E-state index in [2.05, 4.69) is 11.8 Å². The number of hydrogen-bond acceptors (Lipinski definition) is 2. The summed E-state index contributed by atoms with van der Waals surface area (Å²) in [6.45, 7) is 3.79. The van der Waals surface area contributed by atoms with Gasteiger partial charge in [-0.15, -0.1) is 11.8 Å². The maximum Gasteiger partial charge on any atom is 0.128 e. The average Bonchev–Trinajstić information content (AvgIpc) is 1.82. The molecular formula is C7H13NOS. The molecule has 2 N–H and O–H groups in total. The number of rotatable bonds is 3. The first-order valence-electron chi connectivity index (χ1n) is 3.19. The summed E-state index contributed by atoms with van der Waals surface area (Å²) in [4.78, 5) is 0. The lowest BCUT2D eigenvalue weighted by Crippen LogP contribution is -2.21. The summed E-state index contributed by atoms with van der Waals surface area (Å²) in [5.41, 5.74) is 0. The lowest BCUT2D eigenvalue weighted by molar-refractivity contribution is 0.575. The van der Waals surface area contributed by atoms with E-state index in [1.807, 2.05) is 6.92 Å². The van der Waals surface area contributed by atoms with Gasteiger partial charge in [0.15, 0.2) is 0 Å². The Hall–Kier alpha value is -0.170. The van der Waals surface area contributed by atoms with Gasteiger partial charge < -0.3 is 4.55 Å². The molecule has 0 heterocycles. The van der Waals surface area contributed by atoms with Gasteiger partial charge in [0.25, 0.3) is 0 Å². The highest BCUT2D eigenvalue weighted by Gasteiger charge is 2.06. The molecule has 0 aliphatic rings. The molecule has 0 rings (SSSR count). The Morgan fingerprint density at radius 1 is 1.70 bits per heavy atom. The Kier molecular flexibility index (Phi) is 5.51. The second-order valence-corrected chi connectivity index (χ2v) is 3.38. The summed E-state index contributed by atoms with van der Waals surface area (Å²) < 4.78 is 10.5. The Labute approximate surface area is 65.5 Å². The van der Waals surface area contributed by atoms with Crippen LogP contribution in [-0.4, -0.2) is 10.3 Å². The third-order valence-electron chi connectivity index (χ3n) is 1.08. The highest BCUT2D eigenvalue weighted by molar-refractivity contribution is 7.89. The van der Waals surface area contributed by atoms with Crippen molar-refractivity contribution in [3.05, 3.63) is 0 Å². The molecular weight excluding hydrogens is 146 g/mol. The van der Waals surface area contributed by atoms with Crippen molar-refractivity contribution in [1.29, 1.82) is 0 Å². The fraction of sp³-hybridized carbons (Fsp3) is 0.714. The van der Waals surface area contributed by atoms with E-state index >= 15 is 0 Å². The van der Waals surface area contributed by atoms with E-state index in [1.165, 1.54) is 0 Å². The number of hydrogen-bond donors (Lipinski definition) is 1. The minimum absolute atomic E-state index is 0.346. The van der Waals surface area contributed by atoms with Crippen LogP contribution in [0.1, 0.15) is 20.3 Å². The summed E-state index contributed by atoms with van der Waals surface area (Å²) in [7, 11) is 0. The second-order valence-electron chi connectivity index (χ2n) is 2.28. The van der Waals surface area contributed by atoms with E-state index in [1.54, 1.807) is 6.92 Å². The molecule has 58 valence electrons. The third-order valence-corrected chi connectivity index (χ3v) is 1.97. The zero-order chi connectivity index (χ0) is 7.98. The maximum absolute atomic E-state index is 10.5. The van der Waals surface area contributed by atoms with Crippen LogP contribution in [-0.2, 0) is 11.4 Å². The first-order valence-corrected chi connectivity index (χ1v) is 4.57. The normalized spacial score (nSPS) is 15.2. The standard InChI is InChI=1S/C7H13NOS/c1-3-4-5-7(2)6-10(8)9/h7H,5-6,8H2,1-2H3/t7-,10+/m0/s1. The third kappa shape index (κ3) is 5.96. The van der Waals surface area contributed by atoms with Gasteiger partial charge in [0.1, 0.15) is 5.75 Å². The summed E-state index contributed by atoms with van der Waals surface area (Å²) in [6.07, 6.45) is 0.791. The van der Waals surface area contributed by atoms with Crippen molar-refractivity contribution in [1.82, 2.24) is 0 Å². The molecule has 0 fully saturated rings. The molecule has 2 atom stereocenters. The average molecular weight is 159 g/mol. The van der Waals surface area contributed by atoms with Gasteiger partial charge in [0.05, 0.1) is 0 Å². The van der Waals surface area contributed by atoms with E-state index in [9.17, 15) is 4.55 Å². The zero-order valence-electron chi connectivity index (χ0n) is 6.39. The predicted molar refractivity (Wildman–Crippen MR) is 44.4 cm³/mol. The van der Waals surface area contributed by atoms with Crippen LogP contribution >= 0.6 is 0 Å². The topological polar surface area (TPSA) is 49.1 Å². The van der Waals surface area contributed by atoms with Crippen molar-refractivity contribution in [3.63, 3.8) is 0 Å². The molecule has 10 heavy (non-hydrogen) atoms. The lowest BCUT2D eigenvalue weighted by atomic mass is 10.1. The molecule has 2 nitrogen and oxygen atoms in total. The van der Waals surface area contributed by atoms with Gasteiger partial charge in [-0.2, -0.15) is 5.14 Å². The monoisotopic (exact) mass is 159 g/mol. The molecule has 0 aromatic carbocycles. The van der Waals surface area contributed by atoms with Crippen LogP contribution in [0.4, 0.5) is 0 Å². The Morgan fingerprint density at radius 2 is 2.30 bits per heavy atom. The van der Waals surface area contributed by atoms with Gasteiger partial charge in [0.2, 0.25) is 0 Å². The summed E-state index contributed by atoms with van der Waals surface area (Å²) in [5.74, 6) is 6.59. The van der Waals surface area contributed by atoms with Gasteiger partial charge in [-0.25, -0.2) is 0 Å². The first kappa shape index (κ1) is 9.83. The highest BCUT2D eigenvalue weighted by Crippen LogP contribution is 2.01. The van der Waals surface area contributed by atoms with Crippen molar-refractivity contribution >= 4 is 11.4 Å². The van der Waals surface area contributed by atoms with E-state index in [0.29, 0.717) is 11.7 Å². The molecule has 0 bridgehead atoms. The fourth-order valence-electron chi connectivity index (χ4n) is 0.616. The molecule has 0 saturated heterocycles. The summed E-state index contributed by atoms with van der Waals surface area (Å²) in [6, 6.07) is 0. The van der Waals surface area contributed by atoms with Gasteiger partial charge in [-0.1, -0.05) is 6.92 Å². The minimum Gasteiger partial charge on any atom is -0.598 e. The smallest absolute Gasteiger partial charge is 0.128 e. The van der Waals surface area contributed by atoms with Crippen molar-refractivity contribution in [2.45, 2.75) is 20.3 Å². The second kappa shape index (κ2) is 5.60. The van der Waals surface area contributed by atoms with Crippen LogP contribution in [0.2, 0.25) is 0 Å². The van der Waals surface area contributed by atoms with Gasteiger partial charge in [-0.3, -0.25) is 0 Å². The van der Waals surface area contributed by atoms with Crippen LogP contribution in [0.25, 0.3) is 0 Å². The van der Waals surface area contributed by atoms with E-state index in [0.717, 1.165) is 6.42 Å². The number of nitrogens with two attached hydrogens (primary N) is 1. The van der Waals surface area contributed by atoms with E-state index < -0.39 is 11.4 Å². The van der Waals surface area contributed by atoms with Crippen molar-refractivity contribution in [3.8, 4) is 11.8 Å². The molecule has 0 aliphatic heterocycles. The van der Waals surface area contributed by atoms with Crippen molar-refractivity contribution in [2.24, 2.45) is 11.1 Å². The predicted octanol–water partition coefficient (Wildman–Crippen LogP) is 0.658. The van der Waals surface area contributed by atoms with Crippen LogP contribution in [0.3, 0.4) is 0 Å². The zero-order valence-corrected chi connectivity index (χ0v) is 7.20. The van der Waals surface area contributed by atoms with E-state index in [-0.39, 0.29) is 0 Å². The first-order chi connectivity index (χ1) is 4.66. The fourth-order valence-corrected chi connectivity index (χ4v) is 1.29. The largest absolute Gasteiger partial charge is 0.598 e. The molecule has 0 amide bonds.